The van der Waals surface area contributed by atoms with Gasteiger partial charge in [-0.05, 0) is 31.0 Å². The van der Waals surface area contributed by atoms with Crippen LogP contribution in [0, 0.1) is 0 Å². The SMILES string of the molecule is O=C(Nc1cccc2ncn(C3CC3)c(=O)c12)c1cc(Cl)c(O)c(Cl)n1. The second kappa shape index (κ2) is 6.26. The van der Waals surface area contributed by atoms with E-state index in [0.717, 1.165) is 12.8 Å². The maximum Gasteiger partial charge on any atom is 0.274 e. The van der Waals surface area contributed by atoms with Crippen molar-refractivity contribution in [3.05, 3.63) is 56.8 Å². The highest BCUT2D eigenvalue weighted by Gasteiger charge is 2.26. The van der Waals surface area contributed by atoms with Crippen LogP contribution in [0.5, 0.6) is 5.75 Å². The smallest absolute Gasteiger partial charge is 0.274 e. The van der Waals surface area contributed by atoms with Crippen LogP contribution < -0.4 is 10.9 Å². The van der Waals surface area contributed by atoms with Crippen molar-refractivity contribution in [3.8, 4) is 5.75 Å². The molecule has 26 heavy (non-hydrogen) atoms. The first-order chi connectivity index (χ1) is 12.5. The van der Waals surface area contributed by atoms with Gasteiger partial charge in [0.2, 0.25) is 0 Å². The molecule has 1 saturated carbocycles. The molecule has 0 atom stereocenters. The molecule has 0 saturated heterocycles. The van der Waals surface area contributed by atoms with E-state index in [2.05, 4.69) is 15.3 Å². The molecule has 0 bridgehead atoms. The number of aromatic hydroxyl groups is 1. The number of hydrogen-bond donors (Lipinski definition) is 2. The van der Waals surface area contributed by atoms with Crippen LogP contribution in [-0.2, 0) is 0 Å². The molecule has 1 aliphatic rings. The summed E-state index contributed by atoms with van der Waals surface area (Å²) in [7, 11) is 0. The number of fused-ring (bicyclic) bond motifs is 1. The maximum absolute atomic E-state index is 12.8. The number of anilines is 1. The molecular weight excluding hydrogens is 379 g/mol. The number of rotatable bonds is 3. The number of aromatic nitrogens is 3. The number of benzene rings is 1. The van der Waals surface area contributed by atoms with E-state index in [1.54, 1.807) is 22.8 Å². The van der Waals surface area contributed by atoms with E-state index in [1.807, 2.05) is 0 Å². The van der Waals surface area contributed by atoms with Crippen LogP contribution in [0.3, 0.4) is 0 Å². The van der Waals surface area contributed by atoms with Gasteiger partial charge in [0.05, 0.1) is 27.9 Å². The highest BCUT2D eigenvalue weighted by atomic mass is 35.5. The first-order valence-corrected chi connectivity index (χ1v) is 8.57. The number of carbonyl (C=O) groups is 1. The highest BCUT2D eigenvalue weighted by molar-refractivity contribution is 6.36. The Hall–Kier alpha value is -2.64. The predicted molar refractivity (Wildman–Crippen MR) is 98.1 cm³/mol. The summed E-state index contributed by atoms with van der Waals surface area (Å²) in [4.78, 5) is 33.4. The number of nitrogens with one attached hydrogen (secondary N) is 1. The quantitative estimate of drug-likeness (QED) is 0.667. The molecule has 0 aliphatic heterocycles. The van der Waals surface area contributed by atoms with Crippen LogP contribution in [0.1, 0.15) is 29.4 Å². The average Bonchev–Trinajstić information content (AvgIpc) is 3.44. The van der Waals surface area contributed by atoms with E-state index >= 15 is 0 Å². The monoisotopic (exact) mass is 390 g/mol. The van der Waals surface area contributed by atoms with Crippen molar-refractivity contribution in [3.63, 3.8) is 0 Å². The van der Waals surface area contributed by atoms with Gasteiger partial charge < -0.3 is 10.4 Å². The minimum Gasteiger partial charge on any atom is -0.504 e. The van der Waals surface area contributed by atoms with Gasteiger partial charge in [-0.3, -0.25) is 14.2 Å². The minimum atomic E-state index is -0.609. The van der Waals surface area contributed by atoms with E-state index in [4.69, 9.17) is 23.2 Å². The number of hydrogen-bond acceptors (Lipinski definition) is 5. The van der Waals surface area contributed by atoms with E-state index in [-0.39, 0.29) is 27.5 Å². The zero-order valence-corrected chi connectivity index (χ0v) is 14.8. The molecule has 2 aromatic heterocycles. The number of amides is 1. The van der Waals surface area contributed by atoms with Crippen molar-refractivity contribution in [1.82, 2.24) is 14.5 Å². The summed E-state index contributed by atoms with van der Waals surface area (Å²) in [5.74, 6) is -1.01. The first kappa shape index (κ1) is 16.8. The van der Waals surface area contributed by atoms with E-state index in [1.165, 1.54) is 12.4 Å². The van der Waals surface area contributed by atoms with Crippen molar-refractivity contribution in [2.24, 2.45) is 0 Å². The van der Waals surface area contributed by atoms with Gasteiger partial charge in [0, 0.05) is 6.04 Å². The number of carbonyl (C=O) groups excluding carboxylic acids is 1. The molecule has 0 unspecified atom stereocenters. The van der Waals surface area contributed by atoms with Crippen LogP contribution in [0.25, 0.3) is 10.9 Å². The molecule has 1 aromatic carbocycles. The van der Waals surface area contributed by atoms with Crippen LogP contribution in [0.4, 0.5) is 5.69 Å². The first-order valence-electron chi connectivity index (χ1n) is 7.82. The third-order valence-electron chi connectivity index (χ3n) is 4.14. The van der Waals surface area contributed by atoms with Gasteiger partial charge in [0.15, 0.2) is 10.9 Å². The summed E-state index contributed by atoms with van der Waals surface area (Å²) >= 11 is 11.6. The molecule has 9 heteroatoms. The van der Waals surface area contributed by atoms with Crippen molar-refractivity contribution in [2.75, 3.05) is 5.32 Å². The molecule has 3 aromatic rings. The Morgan fingerprint density at radius 2 is 2.08 bits per heavy atom. The lowest BCUT2D eigenvalue weighted by molar-refractivity contribution is 0.102. The van der Waals surface area contributed by atoms with Crippen molar-refractivity contribution in [2.45, 2.75) is 18.9 Å². The lowest BCUT2D eigenvalue weighted by Gasteiger charge is -2.10. The normalized spacial score (nSPS) is 13.8. The Morgan fingerprint density at radius 3 is 2.77 bits per heavy atom. The standard InChI is InChI=1S/C17H12Cl2N4O3/c18-9-6-12(21-15(19)14(9)24)16(25)22-11-3-1-2-10-13(11)17(26)23(7-20-10)8-4-5-8/h1-3,6-8,24H,4-5H2,(H,22,25). The molecule has 2 N–H and O–H groups in total. The Labute approximate surface area is 157 Å². The molecule has 1 aliphatic carbocycles. The summed E-state index contributed by atoms with van der Waals surface area (Å²) in [5.41, 5.74) is 0.519. The van der Waals surface area contributed by atoms with Gasteiger partial charge in [0.1, 0.15) is 5.69 Å². The van der Waals surface area contributed by atoms with Crippen molar-refractivity contribution < 1.29 is 9.90 Å². The second-order valence-electron chi connectivity index (χ2n) is 5.97. The number of pyridine rings is 1. The number of halogens is 2. The van der Waals surface area contributed by atoms with Gasteiger partial charge in [-0.25, -0.2) is 9.97 Å². The molecular formula is C17H12Cl2N4O3. The topological polar surface area (TPSA) is 97.1 Å². The fourth-order valence-corrected chi connectivity index (χ4v) is 3.11. The number of nitrogens with zero attached hydrogens (tertiary/aromatic N) is 3. The Bertz CT molecular complexity index is 1090. The third kappa shape index (κ3) is 2.89. The Kier molecular flexibility index (Phi) is 4.05. The molecule has 2 heterocycles. The average molecular weight is 391 g/mol. The second-order valence-corrected chi connectivity index (χ2v) is 6.74. The lowest BCUT2D eigenvalue weighted by Crippen LogP contribution is -2.22. The van der Waals surface area contributed by atoms with E-state index < -0.39 is 11.7 Å². The van der Waals surface area contributed by atoms with Crippen LogP contribution in [0.2, 0.25) is 10.2 Å². The van der Waals surface area contributed by atoms with Crippen molar-refractivity contribution >= 4 is 45.7 Å². The highest BCUT2D eigenvalue weighted by Crippen LogP contribution is 2.34. The molecule has 0 spiro atoms. The van der Waals surface area contributed by atoms with Gasteiger partial charge in [-0.1, -0.05) is 29.3 Å². The molecule has 1 fully saturated rings. The largest absolute Gasteiger partial charge is 0.504 e. The third-order valence-corrected chi connectivity index (χ3v) is 4.69. The van der Waals surface area contributed by atoms with E-state index in [9.17, 15) is 14.7 Å². The van der Waals surface area contributed by atoms with Gasteiger partial charge in [0.25, 0.3) is 11.5 Å². The summed E-state index contributed by atoms with van der Waals surface area (Å²) in [5, 5.41) is 12.2. The van der Waals surface area contributed by atoms with E-state index in [0.29, 0.717) is 16.6 Å². The van der Waals surface area contributed by atoms with Crippen LogP contribution in [-0.4, -0.2) is 25.5 Å². The van der Waals surface area contributed by atoms with Crippen molar-refractivity contribution in [1.29, 1.82) is 0 Å². The molecule has 4 rings (SSSR count). The minimum absolute atomic E-state index is 0.0822. The molecule has 7 nitrogen and oxygen atoms in total. The van der Waals surface area contributed by atoms with Crippen LogP contribution >= 0.6 is 23.2 Å². The summed E-state index contributed by atoms with van der Waals surface area (Å²) in [6.45, 7) is 0. The summed E-state index contributed by atoms with van der Waals surface area (Å²) in [6, 6.07) is 6.37. The van der Waals surface area contributed by atoms with Crippen LogP contribution in [0.15, 0.2) is 35.4 Å². The Morgan fingerprint density at radius 1 is 1.31 bits per heavy atom. The predicted octanol–water partition coefficient (Wildman–Crippen LogP) is 3.39. The fourth-order valence-electron chi connectivity index (χ4n) is 2.68. The molecule has 132 valence electrons. The fraction of sp³-hybridized carbons (Fsp3) is 0.176. The molecule has 0 radical (unpaired) electrons. The summed E-state index contributed by atoms with van der Waals surface area (Å²) < 4.78 is 1.59. The zero-order chi connectivity index (χ0) is 18.4. The Balaban J connectivity index is 1.76. The van der Waals surface area contributed by atoms with Gasteiger partial charge in [-0.2, -0.15) is 0 Å². The van der Waals surface area contributed by atoms with Gasteiger partial charge in [-0.15, -0.1) is 0 Å². The molecule has 1 amide bonds. The summed E-state index contributed by atoms with van der Waals surface area (Å²) in [6.07, 6.45) is 3.42. The van der Waals surface area contributed by atoms with Gasteiger partial charge >= 0.3 is 0 Å². The maximum atomic E-state index is 12.8. The lowest BCUT2D eigenvalue weighted by atomic mass is 10.2. The zero-order valence-electron chi connectivity index (χ0n) is 13.2.